The van der Waals surface area contributed by atoms with Crippen molar-refractivity contribution in [1.82, 2.24) is 20.0 Å². The molecule has 2 fully saturated rings. The van der Waals surface area contributed by atoms with E-state index in [-0.39, 0.29) is 24.0 Å². The van der Waals surface area contributed by atoms with E-state index in [9.17, 15) is 0 Å². The minimum Gasteiger partial charge on any atom is -0.379 e. The van der Waals surface area contributed by atoms with E-state index in [0.717, 1.165) is 58.4 Å². The molecular weight excluding hydrogens is 429 g/mol. The van der Waals surface area contributed by atoms with Gasteiger partial charge in [0.1, 0.15) is 0 Å². The van der Waals surface area contributed by atoms with E-state index in [0.29, 0.717) is 18.1 Å². The number of halogens is 1. The molecule has 0 aliphatic carbocycles. The van der Waals surface area contributed by atoms with Crippen LogP contribution < -0.4 is 5.32 Å². The summed E-state index contributed by atoms with van der Waals surface area (Å²) in [5, 5.41) is 3.57. The molecule has 0 saturated carbocycles. The zero-order chi connectivity index (χ0) is 17.5. The third-order valence-corrected chi connectivity index (χ3v) is 5.22. The predicted molar refractivity (Wildman–Crippen MR) is 116 cm³/mol. The maximum absolute atomic E-state index is 5.47. The van der Waals surface area contributed by atoms with Crippen LogP contribution in [0.3, 0.4) is 0 Å². The van der Waals surface area contributed by atoms with Crippen LogP contribution in [0.4, 0.5) is 0 Å². The van der Waals surface area contributed by atoms with Crippen molar-refractivity contribution in [1.29, 1.82) is 0 Å². The second-order valence-electron chi connectivity index (χ2n) is 7.44. The van der Waals surface area contributed by atoms with E-state index < -0.39 is 0 Å². The van der Waals surface area contributed by atoms with Gasteiger partial charge >= 0.3 is 0 Å². The van der Waals surface area contributed by atoms with Crippen molar-refractivity contribution in [3.63, 3.8) is 0 Å². The summed E-state index contributed by atoms with van der Waals surface area (Å²) in [6.07, 6.45) is 1.23. The smallest absolute Gasteiger partial charge is 0.193 e. The highest BCUT2D eigenvalue weighted by Gasteiger charge is 2.30. The fourth-order valence-electron chi connectivity index (χ4n) is 3.92. The summed E-state index contributed by atoms with van der Waals surface area (Å²) in [4.78, 5) is 12.0. The first-order valence-electron chi connectivity index (χ1n) is 9.56. The lowest BCUT2D eigenvalue weighted by Gasteiger charge is -2.33. The van der Waals surface area contributed by atoms with Crippen LogP contribution in [0, 0.1) is 0 Å². The molecule has 0 aromatic carbocycles. The summed E-state index contributed by atoms with van der Waals surface area (Å²) in [6.45, 7) is 17.1. The number of aliphatic imine (C=N–C) groups is 1. The highest BCUT2D eigenvalue weighted by molar-refractivity contribution is 14.0. The van der Waals surface area contributed by atoms with Crippen LogP contribution in [0.2, 0.25) is 0 Å². The number of morpholine rings is 1. The first-order valence-corrected chi connectivity index (χ1v) is 9.56. The molecule has 1 atom stereocenters. The van der Waals surface area contributed by atoms with E-state index in [2.05, 4.69) is 52.7 Å². The molecule has 6 nitrogen and oxygen atoms in total. The zero-order valence-corrected chi connectivity index (χ0v) is 19.0. The van der Waals surface area contributed by atoms with Crippen LogP contribution in [-0.4, -0.2) is 98.3 Å². The molecule has 0 amide bonds. The molecule has 0 aromatic rings. The number of guanidine groups is 1. The van der Waals surface area contributed by atoms with E-state index >= 15 is 0 Å². The highest BCUT2D eigenvalue weighted by atomic mass is 127. The third-order valence-electron chi connectivity index (χ3n) is 5.22. The van der Waals surface area contributed by atoms with Crippen molar-refractivity contribution in [3.8, 4) is 0 Å². The Bertz CT molecular complexity index is 391. The molecule has 2 aliphatic rings. The third kappa shape index (κ3) is 6.84. The monoisotopic (exact) mass is 467 g/mol. The second-order valence-corrected chi connectivity index (χ2v) is 7.44. The summed E-state index contributed by atoms with van der Waals surface area (Å²) in [6, 6.07) is 1.80. The molecular formula is C18H38IN5O. The van der Waals surface area contributed by atoms with Gasteiger partial charge in [-0.25, -0.2) is 0 Å². The van der Waals surface area contributed by atoms with Gasteiger partial charge in [-0.05, 0) is 34.1 Å². The Balaban J connectivity index is 0.00000312. The molecule has 2 rings (SSSR count). The number of ether oxygens (including phenoxy) is 1. The Labute approximate surface area is 171 Å². The predicted octanol–water partition coefficient (Wildman–Crippen LogP) is 1.71. The Morgan fingerprint density at radius 1 is 1.16 bits per heavy atom. The summed E-state index contributed by atoms with van der Waals surface area (Å²) in [7, 11) is 1.90. The number of likely N-dealkylation sites (tertiary alicyclic amines) is 1. The summed E-state index contributed by atoms with van der Waals surface area (Å²) in [5.41, 5.74) is 0. The van der Waals surface area contributed by atoms with Gasteiger partial charge in [-0.1, -0.05) is 0 Å². The van der Waals surface area contributed by atoms with E-state index in [4.69, 9.17) is 4.74 Å². The largest absolute Gasteiger partial charge is 0.379 e. The molecule has 148 valence electrons. The van der Waals surface area contributed by atoms with Gasteiger partial charge in [0.2, 0.25) is 0 Å². The molecule has 0 aromatic heterocycles. The highest BCUT2D eigenvalue weighted by Crippen LogP contribution is 2.17. The van der Waals surface area contributed by atoms with Gasteiger partial charge in [0.25, 0.3) is 0 Å². The van der Waals surface area contributed by atoms with Crippen molar-refractivity contribution in [2.45, 2.75) is 52.2 Å². The number of rotatable bonds is 6. The SMILES string of the molecule is CN=C(NCCN(C(C)C)C(C)C)N1CCC(N2CCOCC2)C1.I. The van der Waals surface area contributed by atoms with Gasteiger partial charge in [-0.2, -0.15) is 0 Å². The first-order chi connectivity index (χ1) is 11.5. The van der Waals surface area contributed by atoms with Crippen LogP contribution in [0.5, 0.6) is 0 Å². The van der Waals surface area contributed by atoms with Crippen LogP contribution in [0.1, 0.15) is 34.1 Å². The molecule has 1 unspecified atom stereocenters. The van der Waals surface area contributed by atoms with E-state index in [1.165, 1.54) is 6.42 Å². The quantitative estimate of drug-likeness (QED) is 0.366. The average Bonchev–Trinajstić information content (AvgIpc) is 3.05. The zero-order valence-electron chi connectivity index (χ0n) is 16.7. The second kappa shape index (κ2) is 11.6. The Morgan fingerprint density at radius 3 is 2.36 bits per heavy atom. The normalized spacial score (nSPS) is 22.8. The average molecular weight is 467 g/mol. The molecule has 7 heteroatoms. The number of hydrogen-bond acceptors (Lipinski definition) is 4. The summed E-state index contributed by atoms with van der Waals surface area (Å²) >= 11 is 0. The lowest BCUT2D eigenvalue weighted by Crippen LogP contribution is -2.48. The summed E-state index contributed by atoms with van der Waals surface area (Å²) < 4.78 is 5.47. The minimum absolute atomic E-state index is 0. The Kier molecular flexibility index (Phi) is 10.6. The molecule has 2 aliphatic heterocycles. The lowest BCUT2D eigenvalue weighted by molar-refractivity contribution is 0.0195. The Morgan fingerprint density at radius 2 is 1.80 bits per heavy atom. The molecule has 1 N–H and O–H groups in total. The molecule has 2 heterocycles. The Hall–Kier alpha value is -0.120. The van der Waals surface area contributed by atoms with Gasteiger partial charge in [0.15, 0.2) is 5.96 Å². The molecule has 0 spiro atoms. The van der Waals surface area contributed by atoms with Gasteiger partial charge in [-0.15, -0.1) is 24.0 Å². The molecule has 2 saturated heterocycles. The maximum atomic E-state index is 5.47. The summed E-state index contributed by atoms with van der Waals surface area (Å²) in [5.74, 6) is 1.05. The van der Waals surface area contributed by atoms with Crippen LogP contribution >= 0.6 is 24.0 Å². The van der Waals surface area contributed by atoms with Crippen molar-refractivity contribution in [3.05, 3.63) is 0 Å². The van der Waals surface area contributed by atoms with Gasteiger partial charge in [-0.3, -0.25) is 14.8 Å². The van der Waals surface area contributed by atoms with Crippen LogP contribution in [-0.2, 0) is 4.74 Å². The lowest BCUT2D eigenvalue weighted by atomic mass is 10.2. The van der Waals surface area contributed by atoms with Crippen molar-refractivity contribution in [2.75, 3.05) is 59.5 Å². The molecule has 0 bridgehead atoms. The topological polar surface area (TPSA) is 43.3 Å². The van der Waals surface area contributed by atoms with Crippen molar-refractivity contribution >= 4 is 29.9 Å². The van der Waals surface area contributed by atoms with Crippen LogP contribution in [0.25, 0.3) is 0 Å². The molecule has 25 heavy (non-hydrogen) atoms. The molecule has 0 radical (unpaired) electrons. The standard InChI is InChI=1S/C18H37N5O.HI/c1-15(2)23(16(3)4)9-7-20-18(19-5)22-8-6-17(14-22)21-10-12-24-13-11-21;/h15-17H,6-14H2,1-5H3,(H,19,20);1H. The van der Waals surface area contributed by atoms with E-state index in [1.807, 2.05) is 7.05 Å². The minimum atomic E-state index is 0. The number of nitrogens with one attached hydrogen (secondary N) is 1. The van der Waals surface area contributed by atoms with Gasteiger partial charge in [0, 0.05) is 64.4 Å². The fraction of sp³-hybridized carbons (Fsp3) is 0.944. The van der Waals surface area contributed by atoms with Crippen molar-refractivity contribution in [2.24, 2.45) is 4.99 Å². The van der Waals surface area contributed by atoms with Crippen molar-refractivity contribution < 1.29 is 4.74 Å². The first kappa shape index (κ1) is 22.9. The fourth-order valence-corrected chi connectivity index (χ4v) is 3.92. The van der Waals surface area contributed by atoms with Gasteiger partial charge < -0.3 is 15.0 Å². The van der Waals surface area contributed by atoms with Gasteiger partial charge in [0.05, 0.1) is 13.2 Å². The maximum Gasteiger partial charge on any atom is 0.193 e. The van der Waals surface area contributed by atoms with E-state index in [1.54, 1.807) is 0 Å². The number of hydrogen-bond donors (Lipinski definition) is 1. The van der Waals surface area contributed by atoms with Crippen LogP contribution in [0.15, 0.2) is 4.99 Å². The number of nitrogens with zero attached hydrogens (tertiary/aromatic N) is 4.